The summed E-state index contributed by atoms with van der Waals surface area (Å²) in [5.74, 6) is 6.25. The molecule has 0 fully saturated rings. The molecule has 0 amide bonds. The van der Waals surface area contributed by atoms with Crippen molar-refractivity contribution in [2.45, 2.75) is 46.1 Å². The summed E-state index contributed by atoms with van der Waals surface area (Å²) in [5, 5.41) is 4.47. The lowest BCUT2D eigenvalue weighted by Crippen LogP contribution is -2.34. The monoisotopic (exact) mass is 224 g/mol. The number of aryl methyl sites for hydroxylation is 2. The largest absolute Gasteiger partial charge is 0.271 e. The molecule has 16 heavy (non-hydrogen) atoms. The number of rotatable bonds is 6. The molecule has 0 saturated carbocycles. The van der Waals surface area contributed by atoms with Crippen molar-refractivity contribution in [3.05, 3.63) is 17.5 Å². The Morgan fingerprint density at radius 1 is 1.38 bits per heavy atom. The van der Waals surface area contributed by atoms with Crippen LogP contribution in [-0.4, -0.2) is 9.78 Å². The van der Waals surface area contributed by atoms with Crippen LogP contribution in [0.3, 0.4) is 0 Å². The Morgan fingerprint density at radius 3 is 2.38 bits per heavy atom. The third-order valence-corrected chi connectivity index (χ3v) is 3.35. The van der Waals surface area contributed by atoms with Crippen molar-refractivity contribution in [1.82, 2.24) is 15.2 Å². The van der Waals surface area contributed by atoms with Crippen molar-refractivity contribution in [3.8, 4) is 0 Å². The minimum Gasteiger partial charge on any atom is -0.271 e. The first-order chi connectivity index (χ1) is 7.67. The average molecular weight is 224 g/mol. The van der Waals surface area contributed by atoms with E-state index >= 15 is 0 Å². The van der Waals surface area contributed by atoms with Crippen LogP contribution in [-0.2, 0) is 13.5 Å². The van der Waals surface area contributed by atoms with E-state index < -0.39 is 0 Å². The molecule has 0 saturated heterocycles. The maximum atomic E-state index is 5.69. The van der Waals surface area contributed by atoms with Crippen LogP contribution in [0.5, 0.6) is 0 Å². The minimum atomic E-state index is 0.202. The molecule has 0 radical (unpaired) electrons. The van der Waals surface area contributed by atoms with Crippen LogP contribution in [0.25, 0.3) is 0 Å². The minimum absolute atomic E-state index is 0.202. The lowest BCUT2D eigenvalue weighted by atomic mass is 9.92. The van der Waals surface area contributed by atoms with Crippen molar-refractivity contribution >= 4 is 0 Å². The summed E-state index contributed by atoms with van der Waals surface area (Å²) in [4.78, 5) is 0. The zero-order chi connectivity index (χ0) is 12.1. The number of nitrogens with one attached hydrogen (secondary N) is 1. The highest BCUT2D eigenvalue weighted by Crippen LogP contribution is 2.26. The van der Waals surface area contributed by atoms with Gasteiger partial charge in [-0.3, -0.25) is 16.0 Å². The first-order valence-electron chi connectivity index (χ1n) is 6.16. The topological polar surface area (TPSA) is 55.9 Å². The Morgan fingerprint density at radius 2 is 2.00 bits per heavy atom. The van der Waals surface area contributed by atoms with Crippen molar-refractivity contribution in [2.75, 3.05) is 0 Å². The van der Waals surface area contributed by atoms with Crippen molar-refractivity contribution in [1.29, 1.82) is 0 Å². The Labute approximate surface area is 98.2 Å². The first kappa shape index (κ1) is 13.2. The van der Waals surface area contributed by atoms with Gasteiger partial charge in [-0.05, 0) is 18.4 Å². The van der Waals surface area contributed by atoms with Crippen LogP contribution >= 0.6 is 0 Å². The van der Waals surface area contributed by atoms with Gasteiger partial charge in [-0.1, -0.05) is 33.6 Å². The van der Waals surface area contributed by atoms with E-state index in [1.807, 2.05) is 11.7 Å². The van der Waals surface area contributed by atoms with Crippen LogP contribution in [0, 0.1) is 5.92 Å². The molecule has 0 aliphatic rings. The molecular formula is C12H24N4. The highest BCUT2D eigenvalue weighted by Gasteiger charge is 2.22. The number of hydrogen-bond donors (Lipinski definition) is 2. The molecule has 4 nitrogen and oxygen atoms in total. The van der Waals surface area contributed by atoms with Crippen LogP contribution in [0.15, 0.2) is 6.07 Å². The number of hydrazine groups is 1. The Bertz CT molecular complexity index is 315. The molecule has 1 atom stereocenters. The van der Waals surface area contributed by atoms with Crippen molar-refractivity contribution < 1.29 is 0 Å². The SMILES string of the molecule is CCc1cc(C(NN)C(CC)CC)n(C)n1. The van der Waals surface area contributed by atoms with Gasteiger partial charge in [-0.25, -0.2) is 0 Å². The molecule has 0 aromatic carbocycles. The van der Waals surface area contributed by atoms with Gasteiger partial charge in [0.05, 0.1) is 17.4 Å². The smallest absolute Gasteiger partial charge is 0.0656 e. The van der Waals surface area contributed by atoms with E-state index in [0.29, 0.717) is 5.92 Å². The van der Waals surface area contributed by atoms with Gasteiger partial charge in [0.15, 0.2) is 0 Å². The summed E-state index contributed by atoms with van der Waals surface area (Å²) in [6.07, 6.45) is 3.21. The van der Waals surface area contributed by atoms with Crippen molar-refractivity contribution in [2.24, 2.45) is 18.8 Å². The molecule has 1 aromatic rings. The highest BCUT2D eigenvalue weighted by atomic mass is 15.3. The zero-order valence-electron chi connectivity index (χ0n) is 10.8. The van der Waals surface area contributed by atoms with E-state index in [2.05, 4.69) is 37.4 Å². The quantitative estimate of drug-likeness (QED) is 0.573. The number of nitrogens with zero attached hydrogens (tertiary/aromatic N) is 2. The Kier molecular flexibility index (Phi) is 4.96. The molecule has 0 aliphatic carbocycles. The number of aromatic nitrogens is 2. The normalized spacial score (nSPS) is 13.4. The molecule has 1 heterocycles. The molecule has 4 heteroatoms. The van der Waals surface area contributed by atoms with E-state index in [1.54, 1.807) is 0 Å². The summed E-state index contributed by atoms with van der Waals surface area (Å²) in [6, 6.07) is 2.36. The summed E-state index contributed by atoms with van der Waals surface area (Å²) in [7, 11) is 1.99. The van der Waals surface area contributed by atoms with Gasteiger partial charge in [0.25, 0.3) is 0 Å². The lowest BCUT2D eigenvalue weighted by molar-refractivity contribution is 0.330. The van der Waals surface area contributed by atoms with Gasteiger partial charge in [-0.2, -0.15) is 5.10 Å². The first-order valence-corrected chi connectivity index (χ1v) is 6.16. The fourth-order valence-electron chi connectivity index (χ4n) is 2.23. The Hall–Kier alpha value is -0.870. The Balaban J connectivity index is 2.97. The summed E-state index contributed by atoms with van der Waals surface area (Å²) < 4.78 is 1.95. The van der Waals surface area contributed by atoms with Crippen molar-refractivity contribution in [3.63, 3.8) is 0 Å². The molecule has 1 unspecified atom stereocenters. The van der Waals surface area contributed by atoms with E-state index in [9.17, 15) is 0 Å². The predicted octanol–water partition coefficient (Wildman–Crippen LogP) is 1.92. The molecule has 0 bridgehead atoms. The van der Waals surface area contributed by atoms with E-state index in [4.69, 9.17) is 5.84 Å². The summed E-state index contributed by atoms with van der Waals surface area (Å²) in [6.45, 7) is 6.53. The van der Waals surface area contributed by atoms with E-state index in [1.165, 1.54) is 5.69 Å². The second kappa shape index (κ2) is 6.01. The third kappa shape index (κ3) is 2.62. The highest BCUT2D eigenvalue weighted by molar-refractivity contribution is 5.15. The van der Waals surface area contributed by atoms with Crippen LogP contribution in [0.2, 0.25) is 0 Å². The van der Waals surface area contributed by atoms with Gasteiger partial charge < -0.3 is 0 Å². The third-order valence-electron chi connectivity index (χ3n) is 3.35. The number of hydrogen-bond acceptors (Lipinski definition) is 3. The molecule has 0 aliphatic heterocycles. The van der Waals surface area contributed by atoms with Crippen LogP contribution in [0.4, 0.5) is 0 Å². The van der Waals surface area contributed by atoms with Crippen LogP contribution < -0.4 is 11.3 Å². The molecule has 1 aromatic heterocycles. The second-order valence-corrected chi connectivity index (χ2v) is 4.26. The molecule has 0 spiro atoms. The fraction of sp³-hybridized carbons (Fsp3) is 0.750. The molecule has 1 rings (SSSR count). The summed E-state index contributed by atoms with van der Waals surface area (Å²) >= 11 is 0. The molecule has 92 valence electrons. The fourth-order valence-corrected chi connectivity index (χ4v) is 2.23. The zero-order valence-corrected chi connectivity index (χ0v) is 10.8. The van der Waals surface area contributed by atoms with E-state index in [-0.39, 0.29) is 6.04 Å². The lowest BCUT2D eigenvalue weighted by Gasteiger charge is -2.24. The van der Waals surface area contributed by atoms with Gasteiger partial charge in [-0.15, -0.1) is 0 Å². The average Bonchev–Trinajstić information content (AvgIpc) is 2.67. The number of nitrogens with two attached hydrogens (primary N) is 1. The molecule has 3 N–H and O–H groups in total. The summed E-state index contributed by atoms with van der Waals surface area (Å²) in [5.41, 5.74) is 5.25. The van der Waals surface area contributed by atoms with Gasteiger partial charge in [0.2, 0.25) is 0 Å². The van der Waals surface area contributed by atoms with E-state index in [0.717, 1.165) is 25.0 Å². The van der Waals surface area contributed by atoms with Gasteiger partial charge in [0.1, 0.15) is 0 Å². The van der Waals surface area contributed by atoms with Crippen LogP contribution in [0.1, 0.15) is 51.0 Å². The second-order valence-electron chi connectivity index (χ2n) is 4.26. The molecular weight excluding hydrogens is 200 g/mol. The van der Waals surface area contributed by atoms with Gasteiger partial charge in [0, 0.05) is 7.05 Å². The maximum absolute atomic E-state index is 5.69. The van der Waals surface area contributed by atoms with Gasteiger partial charge >= 0.3 is 0 Å². The maximum Gasteiger partial charge on any atom is 0.0656 e. The standard InChI is InChI=1S/C12H24N4/c1-5-9(6-2)12(14-13)11-8-10(7-3)15-16(11)4/h8-9,12,14H,5-7,13H2,1-4H3. The predicted molar refractivity (Wildman–Crippen MR) is 66.7 cm³/mol.